The molecule has 0 saturated heterocycles. The predicted octanol–water partition coefficient (Wildman–Crippen LogP) is 3.13. The van der Waals surface area contributed by atoms with E-state index >= 15 is 0 Å². The maximum Gasteiger partial charge on any atom is 0.261 e. The minimum Gasteiger partial charge on any atom is -0.322 e. The Morgan fingerprint density at radius 3 is 2.20 bits per heavy atom. The summed E-state index contributed by atoms with van der Waals surface area (Å²) in [7, 11) is -3.68. The molecule has 2 aromatic carbocycles. The summed E-state index contributed by atoms with van der Waals surface area (Å²) < 4.78 is 27.2. The molecule has 25 heavy (non-hydrogen) atoms. The summed E-state index contributed by atoms with van der Waals surface area (Å²) in [5.41, 5.74) is 1.40. The molecule has 0 spiro atoms. The summed E-state index contributed by atoms with van der Waals surface area (Å²) in [6.07, 6.45) is 3.04. The Labute approximate surface area is 145 Å². The number of carbonyl (C=O) groups is 1. The first-order chi connectivity index (χ1) is 12.0. The fourth-order valence-electron chi connectivity index (χ4n) is 2.14. The van der Waals surface area contributed by atoms with Gasteiger partial charge in [0.1, 0.15) is 0 Å². The van der Waals surface area contributed by atoms with Gasteiger partial charge in [0.15, 0.2) is 0 Å². The van der Waals surface area contributed by atoms with Crippen LogP contribution in [0.25, 0.3) is 0 Å². The van der Waals surface area contributed by atoms with E-state index in [1.165, 1.54) is 30.5 Å². The second-order valence-electron chi connectivity index (χ2n) is 5.19. The van der Waals surface area contributed by atoms with Gasteiger partial charge in [-0.1, -0.05) is 18.2 Å². The molecule has 2 N–H and O–H groups in total. The lowest BCUT2D eigenvalue weighted by Gasteiger charge is -2.09. The highest BCUT2D eigenvalue weighted by molar-refractivity contribution is 7.92. The molecule has 0 aliphatic rings. The first-order valence-corrected chi connectivity index (χ1v) is 8.92. The zero-order valence-electron chi connectivity index (χ0n) is 13.1. The van der Waals surface area contributed by atoms with Crippen LogP contribution in [0.1, 0.15) is 10.4 Å². The molecule has 1 amide bonds. The molecular weight excluding hydrogens is 338 g/mol. The summed E-state index contributed by atoms with van der Waals surface area (Å²) >= 11 is 0. The minimum atomic E-state index is -3.68. The molecule has 1 heterocycles. The maximum absolute atomic E-state index is 12.3. The van der Waals surface area contributed by atoms with Crippen molar-refractivity contribution in [1.29, 1.82) is 0 Å². The number of benzene rings is 2. The zero-order valence-corrected chi connectivity index (χ0v) is 13.9. The van der Waals surface area contributed by atoms with Crippen LogP contribution in [0.15, 0.2) is 84.0 Å². The molecule has 0 aliphatic heterocycles. The van der Waals surface area contributed by atoms with Gasteiger partial charge in [-0.3, -0.25) is 14.5 Å². The van der Waals surface area contributed by atoms with Gasteiger partial charge < -0.3 is 5.32 Å². The molecule has 0 bridgehead atoms. The topological polar surface area (TPSA) is 88.2 Å². The molecule has 0 saturated carbocycles. The van der Waals surface area contributed by atoms with Gasteiger partial charge >= 0.3 is 0 Å². The number of sulfonamides is 1. The molecule has 3 rings (SSSR count). The van der Waals surface area contributed by atoms with Crippen molar-refractivity contribution in [3.8, 4) is 0 Å². The van der Waals surface area contributed by atoms with Crippen molar-refractivity contribution in [3.05, 3.63) is 84.7 Å². The van der Waals surface area contributed by atoms with Gasteiger partial charge in [0.2, 0.25) is 0 Å². The van der Waals surface area contributed by atoms with Crippen LogP contribution in [0.3, 0.4) is 0 Å². The monoisotopic (exact) mass is 353 g/mol. The number of para-hydroxylation sites is 1. The molecule has 6 nitrogen and oxygen atoms in total. The second-order valence-corrected chi connectivity index (χ2v) is 6.87. The Balaban J connectivity index is 1.72. The quantitative estimate of drug-likeness (QED) is 0.737. The van der Waals surface area contributed by atoms with Crippen molar-refractivity contribution in [1.82, 2.24) is 4.98 Å². The second kappa shape index (κ2) is 7.14. The molecule has 0 radical (unpaired) electrons. The highest BCUT2D eigenvalue weighted by atomic mass is 32.2. The maximum atomic E-state index is 12.3. The summed E-state index contributed by atoms with van der Waals surface area (Å²) in [5, 5.41) is 2.69. The van der Waals surface area contributed by atoms with Gasteiger partial charge in [-0.2, -0.15) is 0 Å². The summed E-state index contributed by atoms with van der Waals surface area (Å²) in [6, 6.07) is 17.9. The van der Waals surface area contributed by atoms with Crippen molar-refractivity contribution >= 4 is 27.3 Å². The van der Waals surface area contributed by atoms with E-state index in [1.807, 2.05) is 0 Å². The molecule has 1 aromatic heterocycles. The van der Waals surface area contributed by atoms with Crippen LogP contribution in [0.2, 0.25) is 0 Å². The smallest absolute Gasteiger partial charge is 0.261 e. The number of amides is 1. The van der Waals surface area contributed by atoms with Crippen molar-refractivity contribution in [2.24, 2.45) is 0 Å². The molecular formula is C18H15N3O3S. The van der Waals surface area contributed by atoms with Gasteiger partial charge in [-0.15, -0.1) is 0 Å². The average molecular weight is 353 g/mol. The Bertz CT molecular complexity index is 957. The normalized spacial score (nSPS) is 10.9. The van der Waals surface area contributed by atoms with Crippen LogP contribution in [-0.2, 0) is 10.0 Å². The van der Waals surface area contributed by atoms with E-state index in [4.69, 9.17) is 0 Å². The number of hydrogen-bond acceptors (Lipinski definition) is 4. The highest BCUT2D eigenvalue weighted by Crippen LogP contribution is 2.18. The molecule has 0 atom stereocenters. The molecule has 7 heteroatoms. The number of aromatic nitrogens is 1. The average Bonchev–Trinajstić information content (AvgIpc) is 2.63. The number of rotatable bonds is 5. The first-order valence-electron chi connectivity index (χ1n) is 7.44. The zero-order chi connectivity index (χ0) is 17.7. The van der Waals surface area contributed by atoms with Gasteiger partial charge in [0.05, 0.1) is 10.5 Å². The van der Waals surface area contributed by atoms with Gasteiger partial charge in [0, 0.05) is 23.8 Å². The first kappa shape index (κ1) is 16.7. The molecule has 0 aliphatic carbocycles. The largest absolute Gasteiger partial charge is 0.322 e. The highest BCUT2D eigenvalue weighted by Gasteiger charge is 2.14. The van der Waals surface area contributed by atoms with E-state index < -0.39 is 10.0 Å². The predicted molar refractivity (Wildman–Crippen MR) is 95.9 cm³/mol. The van der Waals surface area contributed by atoms with Gasteiger partial charge in [-0.05, 0) is 48.5 Å². The van der Waals surface area contributed by atoms with Crippen LogP contribution < -0.4 is 10.0 Å². The van der Waals surface area contributed by atoms with Crippen LogP contribution in [0, 0.1) is 0 Å². The Hall–Kier alpha value is -3.19. The lowest BCUT2D eigenvalue weighted by atomic mass is 10.2. The number of nitrogens with zero attached hydrogens (tertiary/aromatic N) is 1. The van der Waals surface area contributed by atoms with E-state index in [-0.39, 0.29) is 10.8 Å². The minimum absolute atomic E-state index is 0.107. The van der Waals surface area contributed by atoms with Crippen LogP contribution in [-0.4, -0.2) is 19.3 Å². The van der Waals surface area contributed by atoms with Crippen molar-refractivity contribution < 1.29 is 13.2 Å². The Kier molecular flexibility index (Phi) is 4.76. The lowest BCUT2D eigenvalue weighted by molar-refractivity contribution is 0.102. The van der Waals surface area contributed by atoms with Crippen molar-refractivity contribution in [2.75, 3.05) is 10.0 Å². The van der Waals surface area contributed by atoms with E-state index in [0.717, 1.165) is 0 Å². The van der Waals surface area contributed by atoms with E-state index in [1.54, 1.807) is 48.7 Å². The molecule has 126 valence electrons. The number of anilines is 2. The third-order valence-electron chi connectivity index (χ3n) is 3.37. The standard InChI is InChI=1S/C18H15N3O3S/c22-18(14-5-4-12-19-13-14)20-15-8-10-17(11-9-15)25(23,24)21-16-6-2-1-3-7-16/h1-13,21H,(H,20,22). The molecule has 0 fully saturated rings. The van der Waals surface area contributed by atoms with Crippen LogP contribution >= 0.6 is 0 Å². The third-order valence-corrected chi connectivity index (χ3v) is 4.77. The Morgan fingerprint density at radius 1 is 0.840 bits per heavy atom. The van der Waals surface area contributed by atoms with Crippen LogP contribution in [0.4, 0.5) is 11.4 Å². The third kappa shape index (κ3) is 4.21. The van der Waals surface area contributed by atoms with Crippen LogP contribution in [0.5, 0.6) is 0 Å². The van der Waals surface area contributed by atoms with Crippen molar-refractivity contribution in [3.63, 3.8) is 0 Å². The number of nitrogens with one attached hydrogen (secondary N) is 2. The van der Waals surface area contributed by atoms with E-state index in [0.29, 0.717) is 16.9 Å². The SMILES string of the molecule is O=C(Nc1ccc(S(=O)(=O)Nc2ccccc2)cc1)c1cccnc1. The number of carbonyl (C=O) groups excluding carboxylic acids is 1. The molecule has 3 aromatic rings. The summed E-state index contributed by atoms with van der Waals surface area (Å²) in [5.74, 6) is -0.314. The van der Waals surface area contributed by atoms with Gasteiger partial charge in [-0.25, -0.2) is 8.42 Å². The number of pyridine rings is 1. The molecule has 0 unspecified atom stereocenters. The van der Waals surface area contributed by atoms with Gasteiger partial charge in [0.25, 0.3) is 15.9 Å². The Morgan fingerprint density at radius 2 is 1.56 bits per heavy atom. The fraction of sp³-hybridized carbons (Fsp3) is 0. The van der Waals surface area contributed by atoms with E-state index in [9.17, 15) is 13.2 Å². The summed E-state index contributed by atoms with van der Waals surface area (Å²) in [4.78, 5) is 16.0. The van der Waals surface area contributed by atoms with E-state index in [2.05, 4.69) is 15.0 Å². The number of hydrogen-bond donors (Lipinski definition) is 2. The summed E-state index contributed by atoms with van der Waals surface area (Å²) in [6.45, 7) is 0. The lowest BCUT2D eigenvalue weighted by Crippen LogP contribution is -2.14. The fourth-order valence-corrected chi connectivity index (χ4v) is 3.20. The van der Waals surface area contributed by atoms with Crippen molar-refractivity contribution in [2.45, 2.75) is 4.90 Å².